The second-order valence-electron chi connectivity index (χ2n) is 7.20. The van der Waals surface area contributed by atoms with Gasteiger partial charge in [0.1, 0.15) is 0 Å². The Labute approximate surface area is 176 Å². The Hall–Kier alpha value is 0.270. The highest BCUT2D eigenvalue weighted by atomic mass is 127. The van der Waals surface area contributed by atoms with Gasteiger partial charge in [0.05, 0.1) is 6.54 Å². The maximum absolute atomic E-state index is 4.91. The van der Waals surface area contributed by atoms with E-state index in [0.29, 0.717) is 12.1 Å². The van der Waals surface area contributed by atoms with Gasteiger partial charge in [0.15, 0.2) is 5.96 Å². The third kappa shape index (κ3) is 8.22. The number of hydrogen-bond acceptors (Lipinski definition) is 4. The van der Waals surface area contributed by atoms with Gasteiger partial charge < -0.3 is 15.5 Å². The van der Waals surface area contributed by atoms with E-state index in [9.17, 15) is 0 Å². The van der Waals surface area contributed by atoms with Crippen molar-refractivity contribution in [2.45, 2.75) is 56.9 Å². The molecule has 0 aromatic carbocycles. The number of guanidine groups is 1. The molecular weight excluding hydrogens is 445 g/mol. The molecule has 2 N–H and O–H groups in total. The molecule has 25 heavy (non-hydrogen) atoms. The molecule has 0 amide bonds. The van der Waals surface area contributed by atoms with Crippen LogP contribution in [0.4, 0.5) is 0 Å². The first-order valence-electron chi connectivity index (χ1n) is 9.67. The molecule has 0 aromatic rings. The van der Waals surface area contributed by atoms with Crippen molar-refractivity contribution in [2.24, 2.45) is 4.99 Å². The zero-order valence-electron chi connectivity index (χ0n) is 16.5. The molecule has 2 aliphatic rings. The number of nitrogens with zero attached hydrogens (tertiary/aromatic N) is 3. The van der Waals surface area contributed by atoms with E-state index in [1.54, 1.807) is 0 Å². The second-order valence-corrected chi connectivity index (χ2v) is 8.78. The van der Waals surface area contributed by atoms with E-state index in [0.717, 1.165) is 43.9 Å². The Morgan fingerprint density at radius 1 is 1.20 bits per heavy atom. The summed E-state index contributed by atoms with van der Waals surface area (Å²) in [6, 6.07) is 1.10. The van der Waals surface area contributed by atoms with E-state index in [1.165, 1.54) is 31.4 Å². The summed E-state index contributed by atoms with van der Waals surface area (Å²) in [4.78, 5) is 9.76. The zero-order chi connectivity index (χ0) is 17.4. The highest BCUT2D eigenvalue weighted by molar-refractivity contribution is 14.0. The molecule has 1 saturated heterocycles. The summed E-state index contributed by atoms with van der Waals surface area (Å²) in [6.07, 6.45) is 5.26. The minimum atomic E-state index is 0. The molecule has 0 bridgehead atoms. The summed E-state index contributed by atoms with van der Waals surface area (Å²) >= 11 is 2.12. The van der Waals surface area contributed by atoms with Crippen molar-refractivity contribution in [3.63, 3.8) is 0 Å². The number of thioether (sulfide) groups is 1. The Morgan fingerprint density at radius 2 is 2.00 bits per heavy atom. The fourth-order valence-corrected chi connectivity index (χ4v) is 4.84. The SMILES string of the molecule is CCNC(=NCC1CN(C)CCN1C)NC1CCCC(SCC)C1.I. The lowest BCUT2D eigenvalue weighted by molar-refractivity contribution is 0.119. The van der Waals surface area contributed by atoms with Gasteiger partial charge in [-0.25, -0.2) is 0 Å². The van der Waals surface area contributed by atoms with Crippen LogP contribution >= 0.6 is 35.7 Å². The van der Waals surface area contributed by atoms with Crippen LogP contribution in [0.1, 0.15) is 39.5 Å². The van der Waals surface area contributed by atoms with Gasteiger partial charge in [0.2, 0.25) is 0 Å². The lowest BCUT2D eigenvalue weighted by Gasteiger charge is -2.37. The molecule has 0 spiro atoms. The number of aliphatic imine (C=N–C) groups is 1. The quantitative estimate of drug-likeness (QED) is 0.345. The summed E-state index contributed by atoms with van der Waals surface area (Å²) in [5, 5.41) is 7.97. The number of halogens is 1. The topological polar surface area (TPSA) is 42.9 Å². The normalized spacial score (nSPS) is 29.1. The minimum Gasteiger partial charge on any atom is -0.357 e. The summed E-state index contributed by atoms with van der Waals surface area (Å²) in [6.45, 7) is 9.62. The van der Waals surface area contributed by atoms with Gasteiger partial charge in [0, 0.05) is 43.5 Å². The molecule has 1 saturated carbocycles. The average molecular weight is 484 g/mol. The molecule has 5 nitrogen and oxygen atoms in total. The standard InChI is InChI=1S/C18H37N5S.HI/c1-5-19-18(20-13-16-14-22(3)10-11-23(16)4)21-15-8-7-9-17(12-15)24-6-2;/h15-17H,5-14H2,1-4H3,(H2,19,20,21);1H. The van der Waals surface area contributed by atoms with Crippen LogP contribution in [0.2, 0.25) is 0 Å². The molecule has 2 rings (SSSR count). The first-order chi connectivity index (χ1) is 11.6. The largest absolute Gasteiger partial charge is 0.357 e. The summed E-state index contributed by atoms with van der Waals surface area (Å²) in [7, 11) is 4.43. The molecule has 3 unspecified atom stereocenters. The van der Waals surface area contributed by atoms with E-state index in [-0.39, 0.29) is 24.0 Å². The van der Waals surface area contributed by atoms with E-state index in [2.05, 4.69) is 60.1 Å². The van der Waals surface area contributed by atoms with Gasteiger partial charge in [-0.3, -0.25) is 9.89 Å². The van der Waals surface area contributed by atoms with Crippen molar-refractivity contribution < 1.29 is 0 Å². The number of rotatable bonds is 6. The van der Waals surface area contributed by atoms with Gasteiger partial charge in [0.25, 0.3) is 0 Å². The van der Waals surface area contributed by atoms with Crippen molar-refractivity contribution in [3.05, 3.63) is 0 Å². The first-order valence-corrected chi connectivity index (χ1v) is 10.7. The Balaban J connectivity index is 0.00000312. The molecule has 148 valence electrons. The van der Waals surface area contributed by atoms with Crippen LogP contribution < -0.4 is 10.6 Å². The van der Waals surface area contributed by atoms with Crippen LogP contribution in [0.5, 0.6) is 0 Å². The van der Waals surface area contributed by atoms with E-state index < -0.39 is 0 Å². The molecule has 1 aliphatic heterocycles. The van der Waals surface area contributed by atoms with Crippen LogP contribution in [0.15, 0.2) is 4.99 Å². The fraction of sp³-hybridized carbons (Fsp3) is 0.944. The van der Waals surface area contributed by atoms with Crippen molar-refractivity contribution in [2.75, 3.05) is 52.6 Å². The maximum atomic E-state index is 4.91. The fourth-order valence-electron chi connectivity index (χ4n) is 3.67. The second kappa shape index (κ2) is 12.6. The monoisotopic (exact) mass is 483 g/mol. The van der Waals surface area contributed by atoms with Gasteiger partial charge in [-0.15, -0.1) is 24.0 Å². The highest BCUT2D eigenvalue weighted by Gasteiger charge is 2.24. The van der Waals surface area contributed by atoms with Crippen LogP contribution in [0.3, 0.4) is 0 Å². The lowest BCUT2D eigenvalue weighted by atomic mass is 9.95. The van der Waals surface area contributed by atoms with E-state index >= 15 is 0 Å². The number of piperazine rings is 1. The Kier molecular flexibility index (Phi) is 11.8. The van der Waals surface area contributed by atoms with Gasteiger partial charge in [-0.05, 0) is 46.0 Å². The smallest absolute Gasteiger partial charge is 0.191 e. The lowest BCUT2D eigenvalue weighted by Crippen LogP contribution is -2.52. The Bertz CT molecular complexity index is 394. The van der Waals surface area contributed by atoms with Gasteiger partial charge in [-0.1, -0.05) is 13.3 Å². The van der Waals surface area contributed by atoms with E-state index in [1.807, 2.05) is 0 Å². The minimum absolute atomic E-state index is 0. The van der Waals surface area contributed by atoms with Gasteiger partial charge in [-0.2, -0.15) is 11.8 Å². The van der Waals surface area contributed by atoms with Crippen LogP contribution in [0, 0.1) is 0 Å². The zero-order valence-corrected chi connectivity index (χ0v) is 19.6. The highest BCUT2D eigenvalue weighted by Crippen LogP contribution is 2.28. The van der Waals surface area contributed by atoms with Crippen LogP contribution in [0.25, 0.3) is 0 Å². The molecule has 1 heterocycles. The number of hydrogen-bond donors (Lipinski definition) is 2. The van der Waals surface area contributed by atoms with Gasteiger partial charge >= 0.3 is 0 Å². The summed E-state index contributed by atoms with van der Waals surface area (Å²) < 4.78 is 0. The number of nitrogens with one attached hydrogen (secondary N) is 2. The molecule has 0 radical (unpaired) electrons. The predicted molar refractivity (Wildman–Crippen MR) is 123 cm³/mol. The third-order valence-corrected chi connectivity index (χ3v) is 6.39. The van der Waals surface area contributed by atoms with Crippen molar-refractivity contribution in [3.8, 4) is 0 Å². The number of likely N-dealkylation sites (N-methyl/N-ethyl adjacent to an activating group) is 2. The van der Waals surface area contributed by atoms with E-state index in [4.69, 9.17) is 4.99 Å². The molecule has 7 heteroatoms. The first kappa shape index (κ1) is 23.3. The van der Waals surface area contributed by atoms with Crippen LogP contribution in [-0.2, 0) is 0 Å². The Morgan fingerprint density at radius 3 is 2.72 bits per heavy atom. The van der Waals surface area contributed by atoms with Crippen molar-refractivity contribution >= 4 is 41.7 Å². The summed E-state index contributed by atoms with van der Waals surface area (Å²) in [5.41, 5.74) is 0. The predicted octanol–water partition coefficient (Wildman–Crippen LogP) is 2.47. The molecule has 3 atom stereocenters. The summed E-state index contributed by atoms with van der Waals surface area (Å²) in [5.74, 6) is 2.24. The molecular formula is C18H38IN5S. The average Bonchev–Trinajstić information content (AvgIpc) is 2.56. The maximum Gasteiger partial charge on any atom is 0.191 e. The van der Waals surface area contributed by atoms with Crippen molar-refractivity contribution in [1.82, 2.24) is 20.4 Å². The molecule has 0 aromatic heterocycles. The van der Waals surface area contributed by atoms with Crippen molar-refractivity contribution in [1.29, 1.82) is 0 Å². The molecule has 1 aliphatic carbocycles. The van der Waals surface area contributed by atoms with Crippen LogP contribution in [-0.4, -0.2) is 85.7 Å². The molecule has 2 fully saturated rings. The third-order valence-electron chi connectivity index (χ3n) is 5.15.